The Hall–Kier alpha value is -2.64. The largest absolute Gasteiger partial charge is 0.457 e. The maximum Gasteiger partial charge on any atom is 0.246 e. The van der Waals surface area contributed by atoms with Crippen LogP contribution in [0.25, 0.3) is 17.0 Å². The fourth-order valence-electron chi connectivity index (χ4n) is 3.57. The monoisotopic (exact) mass is 383 g/mol. The fourth-order valence-corrected chi connectivity index (χ4v) is 3.57. The van der Waals surface area contributed by atoms with Crippen molar-refractivity contribution in [1.29, 1.82) is 0 Å². The summed E-state index contributed by atoms with van der Waals surface area (Å²) in [5, 5.41) is 1.02. The van der Waals surface area contributed by atoms with Crippen molar-refractivity contribution in [3.05, 3.63) is 42.2 Å². The molecule has 7 heteroatoms. The molecule has 0 radical (unpaired) electrons. The van der Waals surface area contributed by atoms with Crippen LogP contribution < -0.4 is 0 Å². The molecular weight excluding hydrogens is 358 g/mol. The second-order valence-electron chi connectivity index (χ2n) is 7.11. The van der Waals surface area contributed by atoms with Crippen LogP contribution >= 0.6 is 0 Å². The van der Waals surface area contributed by atoms with Crippen molar-refractivity contribution in [1.82, 2.24) is 14.7 Å². The highest BCUT2D eigenvalue weighted by Gasteiger charge is 2.24. The highest BCUT2D eigenvalue weighted by molar-refractivity contribution is 5.92. The number of ether oxygens (including phenoxy) is 1. The van der Waals surface area contributed by atoms with E-state index in [9.17, 15) is 9.59 Å². The van der Waals surface area contributed by atoms with Gasteiger partial charge in [-0.25, -0.2) is 0 Å². The molecule has 7 nitrogen and oxygen atoms in total. The average Bonchev–Trinajstić information content (AvgIpc) is 3.16. The Kier molecular flexibility index (Phi) is 5.73. The minimum atomic E-state index is -0.0549. The van der Waals surface area contributed by atoms with Crippen LogP contribution in [-0.2, 0) is 14.3 Å². The molecule has 0 aliphatic carbocycles. The van der Waals surface area contributed by atoms with Crippen LogP contribution in [-0.4, -0.2) is 85.5 Å². The molecule has 2 aromatic rings. The van der Waals surface area contributed by atoms with Crippen LogP contribution in [0.2, 0.25) is 0 Å². The third-order valence-corrected chi connectivity index (χ3v) is 5.24. The van der Waals surface area contributed by atoms with Crippen molar-refractivity contribution in [2.75, 3.05) is 59.0 Å². The van der Waals surface area contributed by atoms with E-state index in [1.807, 2.05) is 35.2 Å². The molecule has 0 saturated carbocycles. The first-order valence-corrected chi connectivity index (χ1v) is 9.72. The summed E-state index contributed by atoms with van der Waals surface area (Å²) in [5.41, 5.74) is 0.807. The van der Waals surface area contributed by atoms with Crippen molar-refractivity contribution >= 4 is 28.9 Å². The van der Waals surface area contributed by atoms with Crippen LogP contribution in [0.4, 0.5) is 0 Å². The number of carbonyl (C=O) groups excluding carboxylic acids is 2. The second kappa shape index (κ2) is 8.58. The van der Waals surface area contributed by atoms with Gasteiger partial charge in [0.25, 0.3) is 0 Å². The molecule has 2 saturated heterocycles. The third-order valence-electron chi connectivity index (χ3n) is 5.24. The summed E-state index contributed by atoms with van der Waals surface area (Å²) < 4.78 is 11.0. The van der Waals surface area contributed by atoms with Gasteiger partial charge in [-0.3, -0.25) is 14.5 Å². The van der Waals surface area contributed by atoms with Gasteiger partial charge in [0.2, 0.25) is 11.8 Å². The van der Waals surface area contributed by atoms with Crippen LogP contribution in [0, 0.1) is 0 Å². The zero-order valence-corrected chi connectivity index (χ0v) is 15.9. The summed E-state index contributed by atoms with van der Waals surface area (Å²) in [6.07, 6.45) is 3.25. The minimum Gasteiger partial charge on any atom is -0.457 e. The lowest BCUT2D eigenvalue weighted by Crippen LogP contribution is -2.53. The standard InChI is InChI=1S/C21H25N3O4/c25-20(6-5-18-15-17-3-1-2-4-19(17)28-18)23-7-9-24(10-8-23)21(26)16-22-11-13-27-14-12-22/h1-6,15H,7-14,16H2/b6-5+. The molecule has 4 rings (SSSR count). The summed E-state index contributed by atoms with van der Waals surface area (Å²) in [5.74, 6) is 0.737. The van der Waals surface area contributed by atoms with E-state index in [1.165, 1.54) is 0 Å². The van der Waals surface area contributed by atoms with E-state index in [4.69, 9.17) is 9.15 Å². The van der Waals surface area contributed by atoms with Gasteiger partial charge in [0, 0.05) is 50.7 Å². The first kappa shape index (κ1) is 18.7. The normalized spacial score (nSPS) is 18.9. The molecule has 1 aromatic heterocycles. The third kappa shape index (κ3) is 4.43. The van der Waals surface area contributed by atoms with E-state index in [2.05, 4.69) is 4.90 Å². The minimum absolute atomic E-state index is 0.0549. The molecule has 28 heavy (non-hydrogen) atoms. The van der Waals surface area contributed by atoms with Crippen molar-refractivity contribution in [3.8, 4) is 0 Å². The van der Waals surface area contributed by atoms with Gasteiger partial charge in [0.15, 0.2) is 0 Å². The Morgan fingerprint density at radius 2 is 1.68 bits per heavy atom. The lowest BCUT2D eigenvalue weighted by molar-refractivity contribution is -0.138. The Labute approximate surface area is 164 Å². The summed E-state index contributed by atoms with van der Waals surface area (Å²) >= 11 is 0. The number of morpholine rings is 1. The van der Waals surface area contributed by atoms with Crippen molar-refractivity contribution in [3.63, 3.8) is 0 Å². The number of carbonyl (C=O) groups is 2. The van der Waals surface area contributed by atoms with Crippen molar-refractivity contribution in [2.24, 2.45) is 0 Å². The van der Waals surface area contributed by atoms with Gasteiger partial charge < -0.3 is 19.0 Å². The topological polar surface area (TPSA) is 66.2 Å². The van der Waals surface area contributed by atoms with Gasteiger partial charge in [0.1, 0.15) is 11.3 Å². The first-order chi connectivity index (χ1) is 13.7. The Balaban J connectivity index is 1.27. The molecule has 0 N–H and O–H groups in total. The number of rotatable bonds is 4. The predicted octanol–water partition coefficient (Wildman–Crippen LogP) is 1.45. The van der Waals surface area contributed by atoms with Gasteiger partial charge in [0.05, 0.1) is 19.8 Å². The SMILES string of the molecule is O=C(/C=C/c1cc2ccccc2o1)N1CCN(C(=O)CN2CCOCC2)CC1. The lowest BCUT2D eigenvalue weighted by atomic mass is 10.2. The van der Waals surface area contributed by atoms with Crippen LogP contribution in [0.3, 0.4) is 0 Å². The molecule has 1 aromatic carbocycles. The highest BCUT2D eigenvalue weighted by Crippen LogP contribution is 2.19. The summed E-state index contributed by atoms with van der Waals surface area (Å²) in [6.45, 7) is 5.67. The zero-order valence-electron chi connectivity index (χ0n) is 15.9. The van der Waals surface area contributed by atoms with E-state index >= 15 is 0 Å². The molecular formula is C21H25N3O4. The molecule has 2 fully saturated rings. The fraction of sp³-hybridized carbons (Fsp3) is 0.429. The number of nitrogens with zero attached hydrogens (tertiary/aromatic N) is 3. The van der Waals surface area contributed by atoms with Crippen molar-refractivity contribution in [2.45, 2.75) is 0 Å². The molecule has 3 heterocycles. The summed E-state index contributed by atoms with van der Waals surface area (Å²) in [6, 6.07) is 9.68. The van der Waals surface area contributed by atoms with E-state index in [1.54, 1.807) is 17.1 Å². The number of furan rings is 1. The summed E-state index contributed by atoms with van der Waals surface area (Å²) in [7, 11) is 0. The van der Waals surface area contributed by atoms with Crippen LogP contribution in [0.5, 0.6) is 0 Å². The first-order valence-electron chi connectivity index (χ1n) is 9.72. The number of benzene rings is 1. The van der Waals surface area contributed by atoms with Crippen molar-refractivity contribution < 1.29 is 18.7 Å². The predicted molar refractivity (Wildman–Crippen MR) is 106 cm³/mol. The zero-order chi connectivity index (χ0) is 19.3. The lowest BCUT2D eigenvalue weighted by Gasteiger charge is -2.36. The maximum atomic E-state index is 12.5. The van der Waals surface area contributed by atoms with E-state index in [0.29, 0.717) is 51.7 Å². The number of para-hydroxylation sites is 1. The van der Waals surface area contributed by atoms with Crippen LogP contribution in [0.15, 0.2) is 40.8 Å². The molecule has 2 aliphatic heterocycles. The van der Waals surface area contributed by atoms with Crippen LogP contribution in [0.1, 0.15) is 5.76 Å². The molecule has 0 unspecified atom stereocenters. The number of hydrogen-bond donors (Lipinski definition) is 0. The maximum absolute atomic E-state index is 12.5. The van der Waals surface area contributed by atoms with Gasteiger partial charge in [-0.05, 0) is 18.2 Å². The molecule has 0 spiro atoms. The molecule has 0 bridgehead atoms. The Bertz CT molecular complexity index is 828. The van der Waals surface area contributed by atoms with E-state index in [0.717, 1.165) is 24.1 Å². The van der Waals surface area contributed by atoms with Gasteiger partial charge in [-0.1, -0.05) is 18.2 Å². The second-order valence-corrected chi connectivity index (χ2v) is 7.11. The average molecular weight is 383 g/mol. The number of fused-ring (bicyclic) bond motifs is 1. The molecule has 2 aliphatic rings. The van der Waals surface area contributed by atoms with Gasteiger partial charge in [-0.15, -0.1) is 0 Å². The number of piperazine rings is 1. The Morgan fingerprint density at radius 1 is 0.964 bits per heavy atom. The Morgan fingerprint density at radius 3 is 2.43 bits per heavy atom. The van der Waals surface area contributed by atoms with E-state index < -0.39 is 0 Å². The summed E-state index contributed by atoms with van der Waals surface area (Å²) in [4.78, 5) is 30.7. The number of amides is 2. The quantitative estimate of drug-likeness (QED) is 0.748. The highest BCUT2D eigenvalue weighted by atomic mass is 16.5. The van der Waals surface area contributed by atoms with E-state index in [-0.39, 0.29) is 11.8 Å². The molecule has 0 atom stereocenters. The van der Waals surface area contributed by atoms with Gasteiger partial charge >= 0.3 is 0 Å². The van der Waals surface area contributed by atoms with Gasteiger partial charge in [-0.2, -0.15) is 0 Å². The molecule has 2 amide bonds. The molecule has 148 valence electrons. The smallest absolute Gasteiger partial charge is 0.246 e. The number of hydrogen-bond acceptors (Lipinski definition) is 5.